The number of fused-ring (bicyclic) bond motifs is 1. The van der Waals surface area contributed by atoms with Gasteiger partial charge in [0.25, 0.3) is 5.91 Å². The van der Waals surface area contributed by atoms with Crippen LogP contribution >= 0.6 is 0 Å². The van der Waals surface area contributed by atoms with Crippen LogP contribution in [0.1, 0.15) is 42.0 Å². The molecular formula is C17H23N5O3S. The minimum Gasteiger partial charge on any atom is -0.321 e. The van der Waals surface area contributed by atoms with Gasteiger partial charge in [-0.2, -0.15) is 5.10 Å². The molecule has 3 rings (SSSR count). The number of hydrogen-bond acceptors (Lipinski definition) is 5. The van der Waals surface area contributed by atoms with Gasteiger partial charge in [0, 0.05) is 42.5 Å². The molecule has 1 aromatic carbocycles. The van der Waals surface area contributed by atoms with Crippen LogP contribution in [-0.2, 0) is 23.0 Å². The first-order chi connectivity index (χ1) is 12.4. The quantitative estimate of drug-likeness (QED) is 0.607. The van der Waals surface area contributed by atoms with Crippen molar-refractivity contribution in [1.29, 1.82) is 0 Å². The fourth-order valence-corrected chi connectivity index (χ4v) is 4.13. The van der Waals surface area contributed by atoms with Crippen LogP contribution in [0.3, 0.4) is 0 Å². The van der Waals surface area contributed by atoms with E-state index in [4.69, 9.17) is 0 Å². The van der Waals surface area contributed by atoms with E-state index in [0.717, 1.165) is 24.2 Å². The van der Waals surface area contributed by atoms with Crippen molar-refractivity contribution in [3.63, 3.8) is 0 Å². The molecule has 1 unspecified atom stereocenters. The molecule has 1 atom stereocenters. The van der Waals surface area contributed by atoms with Crippen molar-refractivity contribution in [1.82, 2.24) is 20.2 Å². The summed E-state index contributed by atoms with van der Waals surface area (Å²) >= 11 is 0. The van der Waals surface area contributed by atoms with Crippen LogP contribution < -0.4 is 15.4 Å². The van der Waals surface area contributed by atoms with E-state index >= 15 is 0 Å². The third kappa shape index (κ3) is 3.95. The zero-order valence-electron chi connectivity index (χ0n) is 14.8. The Morgan fingerprint density at radius 1 is 1.38 bits per heavy atom. The van der Waals surface area contributed by atoms with E-state index in [1.165, 1.54) is 12.1 Å². The summed E-state index contributed by atoms with van der Waals surface area (Å²) in [5.74, 6) is -0.365. The van der Waals surface area contributed by atoms with Crippen molar-refractivity contribution < 1.29 is 13.2 Å². The van der Waals surface area contributed by atoms with Gasteiger partial charge in [0.15, 0.2) is 5.69 Å². The molecule has 2 aromatic rings. The van der Waals surface area contributed by atoms with Crippen molar-refractivity contribution in [3.05, 3.63) is 41.2 Å². The van der Waals surface area contributed by atoms with Crippen LogP contribution in [0.5, 0.6) is 0 Å². The second-order valence-corrected chi connectivity index (χ2v) is 8.08. The summed E-state index contributed by atoms with van der Waals surface area (Å²) in [6.45, 7) is 5.14. The Bertz CT molecular complexity index is 907. The van der Waals surface area contributed by atoms with E-state index in [9.17, 15) is 13.2 Å². The van der Waals surface area contributed by atoms with Gasteiger partial charge >= 0.3 is 0 Å². The summed E-state index contributed by atoms with van der Waals surface area (Å²) in [6, 6.07) is 6.03. The lowest BCUT2D eigenvalue weighted by Gasteiger charge is -2.14. The molecule has 0 saturated heterocycles. The van der Waals surface area contributed by atoms with E-state index < -0.39 is 10.0 Å². The summed E-state index contributed by atoms with van der Waals surface area (Å²) in [6.07, 6.45) is 1.48. The second kappa shape index (κ2) is 7.56. The number of hydrogen-bond donors (Lipinski definition) is 4. The largest absolute Gasteiger partial charge is 0.321 e. The standard InChI is InChI=1S/C17H23N5O3S/c1-3-11(2)22-26(24,25)13-6-4-5-12(9-13)19-17(23)16-14-10-18-8-7-15(14)20-21-16/h4-6,9,11,18,22H,3,7-8,10H2,1-2H3,(H,19,23)(H,20,21). The lowest BCUT2D eigenvalue weighted by atomic mass is 10.1. The van der Waals surface area contributed by atoms with Crippen LogP contribution in [0.15, 0.2) is 29.2 Å². The number of anilines is 1. The lowest BCUT2D eigenvalue weighted by molar-refractivity contribution is 0.102. The zero-order valence-corrected chi connectivity index (χ0v) is 15.6. The Morgan fingerprint density at radius 2 is 2.19 bits per heavy atom. The molecule has 0 bridgehead atoms. The van der Waals surface area contributed by atoms with Crippen LogP contribution in [0.4, 0.5) is 5.69 Å². The first kappa shape index (κ1) is 18.6. The SMILES string of the molecule is CCC(C)NS(=O)(=O)c1cccc(NC(=O)c2n[nH]c3c2CNCC3)c1. The van der Waals surface area contributed by atoms with Gasteiger partial charge in [-0.15, -0.1) is 0 Å². The number of H-pyrrole nitrogens is 1. The molecule has 0 saturated carbocycles. The predicted octanol–water partition coefficient (Wildman–Crippen LogP) is 1.38. The van der Waals surface area contributed by atoms with Crippen LogP contribution in [0, 0.1) is 0 Å². The topological polar surface area (TPSA) is 116 Å². The van der Waals surface area contributed by atoms with Crippen molar-refractivity contribution in [2.45, 2.75) is 44.2 Å². The molecule has 0 aliphatic carbocycles. The Balaban J connectivity index is 1.79. The van der Waals surface area contributed by atoms with Crippen LogP contribution in [0.2, 0.25) is 0 Å². The highest BCUT2D eigenvalue weighted by atomic mass is 32.2. The molecule has 0 spiro atoms. The number of carbonyl (C=O) groups excluding carboxylic acids is 1. The molecule has 0 fully saturated rings. The number of nitrogens with zero attached hydrogens (tertiary/aromatic N) is 1. The molecule has 2 heterocycles. The maximum Gasteiger partial charge on any atom is 0.276 e. The number of benzene rings is 1. The van der Waals surface area contributed by atoms with Gasteiger partial charge in [-0.05, 0) is 31.5 Å². The first-order valence-electron chi connectivity index (χ1n) is 8.61. The Morgan fingerprint density at radius 3 is 2.96 bits per heavy atom. The molecule has 1 aromatic heterocycles. The van der Waals surface area contributed by atoms with Gasteiger partial charge < -0.3 is 10.6 Å². The molecule has 9 heteroatoms. The number of carbonyl (C=O) groups is 1. The lowest BCUT2D eigenvalue weighted by Crippen LogP contribution is -2.32. The van der Waals surface area contributed by atoms with Crippen molar-refractivity contribution in [2.75, 3.05) is 11.9 Å². The maximum absolute atomic E-state index is 12.5. The highest BCUT2D eigenvalue weighted by Crippen LogP contribution is 2.19. The van der Waals surface area contributed by atoms with Gasteiger partial charge in [-0.3, -0.25) is 9.89 Å². The van der Waals surface area contributed by atoms with E-state index in [1.54, 1.807) is 19.1 Å². The molecule has 26 heavy (non-hydrogen) atoms. The minimum absolute atomic E-state index is 0.112. The first-order valence-corrected chi connectivity index (χ1v) is 10.1. The maximum atomic E-state index is 12.5. The smallest absolute Gasteiger partial charge is 0.276 e. The van der Waals surface area contributed by atoms with Gasteiger partial charge in [-0.25, -0.2) is 13.1 Å². The number of aromatic amines is 1. The molecule has 8 nitrogen and oxygen atoms in total. The summed E-state index contributed by atoms with van der Waals surface area (Å²) in [4.78, 5) is 12.7. The number of amides is 1. The monoisotopic (exact) mass is 377 g/mol. The molecule has 1 aliphatic heterocycles. The Labute approximate surface area is 152 Å². The van der Waals surface area contributed by atoms with Gasteiger partial charge in [0.05, 0.1) is 4.90 Å². The number of aromatic nitrogens is 2. The third-order valence-electron chi connectivity index (χ3n) is 4.39. The molecule has 0 radical (unpaired) electrons. The fourth-order valence-electron chi connectivity index (χ4n) is 2.76. The average Bonchev–Trinajstić information content (AvgIpc) is 3.05. The van der Waals surface area contributed by atoms with E-state index in [2.05, 4.69) is 25.6 Å². The van der Waals surface area contributed by atoms with Crippen LogP contribution in [-0.4, -0.2) is 37.1 Å². The Kier molecular flexibility index (Phi) is 5.40. The summed E-state index contributed by atoms with van der Waals surface area (Å²) < 4.78 is 27.4. The number of sulfonamides is 1. The zero-order chi connectivity index (χ0) is 18.7. The predicted molar refractivity (Wildman–Crippen MR) is 98.5 cm³/mol. The van der Waals surface area contributed by atoms with Crippen LogP contribution in [0.25, 0.3) is 0 Å². The van der Waals surface area contributed by atoms with E-state index in [-0.39, 0.29) is 16.8 Å². The van der Waals surface area contributed by atoms with E-state index in [0.29, 0.717) is 24.3 Å². The molecule has 140 valence electrons. The summed E-state index contributed by atoms with van der Waals surface area (Å²) in [5.41, 5.74) is 2.56. The molecule has 4 N–H and O–H groups in total. The van der Waals surface area contributed by atoms with Gasteiger partial charge in [0.1, 0.15) is 0 Å². The molecular weight excluding hydrogens is 354 g/mol. The highest BCUT2D eigenvalue weighted by molar-refractivity contribution is 7.89. The normalized spacial score (nSPS) is 15.3. The Hall–Kier alpha value is -2.23. The third-order valence-corrected chi connectivity index (χ3v) is 5.98. The number of nitrogens with one attached hydrogen (secondary N) is 4. The van der Waals surface area contributed by atoms with Gasteiger partial charge in [-0.1, -0.05) is 13.0 Å². The van der Waals surface area contributed by atoms with Crippen molar-refractivity contribution >= 4 is 21.6 Å². The van der Waals surface area contributed by atoms with Gasteiger partial charge in [0.2, 0.25) is 10.0 Å². The average molecular weight is 377 g/mol. The van der Waals surface area contributed by atoms with Crippen molar-refractivity contribution in [3.8, 4) is 0 Å². The highest BCUT2D eigenvalue weighted by Gasteiger charge is 2.22. The minimum atomic E-state index is -3.63. The summed E-state index contributed by atoms with van der Waals surface area (Å²) in [5, 5.41) is 13.0. The summed E-state index contributed by atoms with van der Waals surface area (Å²) in [7, 11) is -3.63. The molecule has 1 aliphatic rings. The second-order valence-electron chi connectivity index (χ2n) is 6.37. The number of rotatable bonds is 6. The fraction of sp³-hybridized carbons (Fsp3) is 0.412. The van der Waals surface area contributed by atoms with E-state index in [1.807, 2.05) is 6.92 Å². The molecule has 1 amide bonds. The van der Waals surface area contributed by atoms with Crippen molar-refractivity contribution in [2.24, 2.45) is 0 Å².